The maximum Gasteiger partial charge on any atom is 0.410 e. The lowest BCUT2D eigenvalue weighted by molar-refractivity contribution is -0.156. The summed E-state index contributed by atoms with van der Waals surface area (Å²) in [5, 5.41) is 0. The smallest absolute Gasteiger partial charge is 0.410 e. The van der Waals surface area contributed by atoms with E-state index in [9.17, 15) is 9.59 Å². The van der Waals surface area contributed by atoms with Gasteiger partial charge in [-0.05, 0) is 55.7 Å². The molecule has 0 aromatic carbocycles. The largest absolute Gasteiger partial charge is 0.461 e. The van der Waals surface area contributed by atoms with Crippen molar-refractivity contribution < 1.29 is 19.1 Å². The first-order valence-corrected chi connectivity index (χ1v) is 10.8. The topological polar surface area (TPSA) is 81.9 Å². The van der Waals surface area contributed by atoms with Crippen molar-refractivity contribution in [2.24, 2.45) is 11.7 Å². The molecule has 1 amide bonds. The van der Waals surface area contributed by atoms with E-state index >= 15 is 0 Å². The fourth-order valence-electron chi connectivity index (χ4n) is 4.77. The van der Waals surface area contributed by atoms with Crippen LogP contribution in [0.5, 0.6) is 0 Å². The summed E-state index contributed by atoms with van der Waals surface area (Å²) < 4.78 is 10.5. The van der Waals surface area contributed by atoms with Crippen molar-refractivity contribution in [2.75, 3.05) is 7.11 Å². The highest BCUT2D eigenvalue weighted by Gasteiger charge is 2.49. The second-order valence-electron chi connectivity index (χ2n) is 8.36. The molecule has 5 atom stereocenters. The van der Waals surface area contributed by atoms with E-state index in [1.54, 1.807) is 4.90 Å². The number of hydrogen-bond acceptors (Lipinski definition) is 5. The van der Waals surface area contributed by atoms with Crippen LogP contribution in [0, 0.1) is 25.2 Å². The van der Waals surface area contributed by atoms with Crippen molar-refractivity contribution >= 4 is 12.1 Å². The summed E-state index contributed by atoms with van der Waals surface area (Å²) in [4.78, 5) is 25.8. The molecule has 3 aliphatic carbocycles. The Kier molecular flexibility index (Phi) is 7.04. The molecule has 1 saturated heterocycles. The Hall–Kier alpha value is -2.52. The molecular formula is C24H32N2O4. The summed E-state index contributed by atoms with van der Waals surface area (Å²) in [5.41, 5.74) is 10.2. The Morgan fingerprint density at radius 3 is 2.60 bits per heavy atom. The Labute approximate surface area is 179 Å². The van der Waals surface area contributed by atoms with Gasteiger partial charge in [-0.2, -0.15) is 0 Å². The van der Waals surface area contributed by atoms with Crippen LogP contribution < -0.4 is 5.73 Å². The van der Waals surface area contributed by atoms with Crippen molar-refractivity contribution in [3.8, 4) is 23.5 Å². The highest BCUT2D eigenvalue weighted by molar-refractivity contribution is 5.80. The molecule has 2 fully saturated rings. The number of nitrogens with two attached hydrogens (primary N) is 1. The molecule has 0 aromatic heterocycles. The second kappa shape index (κ2) is 9.53. The summed E-state index contributed by atoms with van der Waals surface area (Å²) in [6.07, 6.45) is 9.55. The van der Waals surface area contributed by atoms with Gasteiger partial charge < -0.3 is 15.2 Å². The summed E-state index contributed by atoms with van der Waals surface area (Å²) in [7, 11) is 1.35. The number of rotatable bonds is 4. The molecule has 2 unspecified atom stereocenters. The number of terminal acetylenes is 1. The van der Waals surface area contributed by atoms with E-state index in [4.69, 9.17) is 21.6 Å². The van der Waals surface area contributed by atoms with Crippen LogP contribution in [0.3, 0.4) is 0 Å². The fraction of sp³-hybridized carbons (Fsp3) is 0.583. The Balaban J connectivity index is 0.000000302. The first-order valence-electron chi connectivity index (χ1n) is 10.8. The van der Waals surface area contributed by atoms with Gasteiger partial charge in [0.15, 0.2) is 0 Å². The average Bonchev–Trinajstić information content (AvgIpc) is 3.11. The minimum absolute atomic E-state index is 0.0301. The van der Waals surface area contributed by atoms with Crippen LogP contribution in [-0.2, 0) is 14.3 Å². The van der Waals surface area contributed by atoms with Gasteiger partial charge in [-0.15, -0.1) is 6.42 Å². The highest BCUT2D eigenvalue weighted by Crippen LogP contribution is 2.41. The number of likely N-dealkylation sites (tertiary alicyclic amines) is 1. The third-order valence-corrected chi connectivity index (χ3v) is 6.43. The van der Waals surface area contributed by atoms with Crippen molar-refractivity contribution in [1.82, 2.24) is 4.90 Å². The quantitative estimate of drug-likeness (QED) is 0.612. The first-order chi connectivity index (χ1) is 14.4. The molecule has 0 radical (unpaired) electrons. The molecule has 1 saturated carbocycles. The number of hydrogen-bond donors (Lipinski definition) is 1. The lowest BCUT2D eigenvalue weighted by atomic mass is 9.82. The van der Waals surface area contributed by atoms with Gasteiger partial charge in [0.1, 0.15) is 12.1 Å². The number of benzene rings is 1. The number of nitrogens with zero attached hydrogens (tertiary/aromatic N) is 1. The van der Waals surface area contributed by atoms with E-state index in [0.29, 0.717) is 12.8 Å². The number of ether oxygens (including phenoxy) is 2. The summed E-state index contributed by atoms with van der Waals surface area (Å²) in [6, 6.07) is 5.59. The van der Waals surface area contributed by atoms with Gasteiger partial charge in [0.2, 0.25) is 0 Å². The molecule has 4 aliphatic rings. The van der Waals surface area contributed by atoms with Gasteiger partial charge in [-0.25, -0.2) is 4.79 Å². The maximum atomic E-state index is 12.1. The number of methoxy groups -OCH3 is 1. The van der Waals surface area contributed by atoms with E-state index in [1.807, 2.05) is 6.92 Å². The molecule has 2 N–H and O–H groups in total. The van der Waals surface area contributed by atoms with E-state index in [2.05, 4.69) is 31.0 Å². The standard InChI is InChI=1S/C17H26N2O4.C7H6/c1-4-7-13(18)16(20)23-15-9-6-8-14-12(15)10-11(5-2)19(14)17(21)22-3;1-5-4-6-2-3-7(5)6/h2,11-15H,4,6-10,18H2,1,3H3;2-4H,1H3/t11?,12-,13?,14-,15+;/m1./s1. The summed E-state index contributed by atoms with van der Waals surface area (Å²) in [6.45, 7) is 4.12. The van der Waals surface area contributed by atoms with Crippen molar-refractivity contribution in [3.05, 3.63) is 23.8 Å². The number of aryl methyl sites for hydroxylation is 1. The van der Waals surface area contributed by atoms with Crippen LogP contribution in [0.4, 0.5) is 4.79 Å². The van der Waals surface area contributed by atoms with Gasteiger partial charge in [0.05, 0.1) is 13.2 Å². The number of esters is 1. The van der Waals surface area contributed by atoms with E-state index in [-0.39, 0.29) is 30.1 Å². The van der Waals surface area contributed by atoms with Crippen LogP contribution in [0.15, 0.2) is 18.2 Å². The molecular weight excluding hydrogens is 380 g/mol. The summed E-state index contributed by atoms with van der Waals surface area (Å²) >= 11 is 0. The van der Waals surface area contributed by atoms with Crippen molar-refractivity contribution in [3.63, 3.8) is 0 Å². The zero-order chi connectivity index (χ0) is 21.8. The SMILES string of the molecule is C#CC1C[C@H]2[C@@H](OC(=O)C(N)CCC)CCC[C@H]2N1C(=O)OC.Cc1cc2ccc1-2. The molecule has 4 rings (SSSR count). The normalized spacial score (nSPS) is 26.4. The number of carbonyl (C=O) groups is 2. The molecule has 0 spiro atoms. The predicted molar refractivity (Wildman–Crippen MR) is 116 cm³/mol. The molecule has 6 heteroatoms. The Bertz CT molecular complexity index is 831. The first kappa shape index (κ1) is 22.2. The van der Waals surface area contributed by atoms with Crippen LogP contribution in [0.25, 0.3) is 11.1 Å². The predicted octanol–water partition coefficient (Wildman–Crippen LogP) is 3.64. The van der Waals surface area contributed by atoms with E-state index < -0.39 is 12.1 Å². The molecule has 30 heavy (non-hydrogen) atoms. The zero-order valence-electron chi connectivity index (χ0n) is 18.1. The Morgan fingerprint density at radius 2 is 2.13 bits per heavy atom. The van der Waals surface area contributed by atoms with E-state index in [0.717, 1.165) is 25.7 Å². The fourth-order valence-corrected chi connectivity index (χ4v) is 4.77. The minimum atomic E-state index is -0.582. The van der Waals surface area contributed by atoms with Gasteiger partial charge in [0.25, 0.3) is 0 Å². The molecule has 162 valence electrons. The molecule has 1 heterocycles. The van der Waals surface area contributed by atoms with Crippen LogP contribution in [-0.4, -0.2) is 48.3 Å². The second-order valence-corrected chi connectivity index (χ2v) is 8.36. The van der Waals surface area contributed by atoms with Gasteiger partial charge in [-0.1, -0.05) is 37.5 Å². The lowest BCUT2D eigenvalue weighted by Gasteiger charge is -2.36. The van der Waals surface area contributed by atoms with Crippen LogP contribution >= 0.6 is 0 Å². The molecule has 1 aliphatic heterocycles. The molecule has 0 bridgehead atoms. The lowest BCUT2D eigenvalue weighted by Crippen LogP contribution is -2.47. The van der Waals surface area contributed by atoms with Gasteiger partial charge in [-0.3, -0.25) is 9.69 Å². The van der Waals surface area contributed by atoms with Crippen LogP contribution in [0.1, 0.15) is 51.0 Å². The van der Waals surface area contributed by atoms with Gasteiger partial charge in [0, 0.05) is 12.0 Å². The van der Waals surface area contributed by atoms with Crippen molar-refractivity contribution in [2.45, 2.75) is 76.6 Å². The number of carbonyl (C=O) groups excluding carboxylic acids is 2. The number of fused-ring (bicyclic) bond motifs is 2. The van der Waals surface area contributed by atoms with Crippen LogP contribution in [0.2, 0.25) is 0 Å². The summed E-state index contributed by atoms with van der Waals surface area (Å²) in [5.74, 6) is 2.36. The minimum Gasteiger partial charge on any atom is -0.461 e. The zero-order valence-corrected chi connectivity index (χ0v) is 18.1. The molecule has 6 nitrogen and oxygen atoms in total. The van der Waals surface area contributed by atoms with Gasteiger partial charge >= 0.3 is 12.1 Å². The third kappa shape index (κ3) is 4.32. The highest BCUT2D eigenvalue weighted by atomic mass is 16.6. The molecule has 0 aromatic rings. The maximum absolute atomic E-state index is 12.1. The van der Waals surface area contributed by atoms with E-state index in [1.165, 1.54) is 23.8 Å². The Morgan fingerprint density at radius 1 is 1.37 bits per heavy atom. The monoisotopic (exact) mass is 412 g/mol. The number of amides is 1. The average molecular weight is 413 g/mol. The van der Waals surface area contributed by atoms with Crippen molar-refractivity contribution in [1.29, 1.82) is 0 Å². The third-order valence-electron chi connectivity index (χ3n) is 6.43.